The van der Waals surface area contributed by atoms with Crippen molar-refractivity contribution >= 4 is 17.4 Å². The van der Waals surface area contributed by atoms with E-state index in [1.54, 1.807) is 36.7 Å². The molecule has 0 spiro atoms. The van der Waals surface area contributed by atoms with Gasteiger partial charge >= 0.3 is 0 Å². The molecule has 142 valence electrons. The topological polar surface area (TPSA) is 89.5 Å². The molecule has 8 nitrogen and oxygen atoms in total. The number of pyridine rings is 1. The predicted octanol–water partition coefficient (Wildman–Crippen LogP) is 2.53. The molecule has 8 heteroatoms. The zero-order valence-electron chi connectivity index (χ0n) is 15.3. The molecule has 0 atom stereocenters. The molecule has 1 aromatic carbocycles. The maximum absolute atomic E-state index is 12.6. The molecule has 1 amide bonds. The Bertz CT molecular complexity index is 981. The lowest BCUT2D eigenvalue weighted by Gasteiger charge is -2.18. The minimum atomic E-state index is -0.315. The second-order valence-corrected chi connectivity index (χ2v) is 6.31. The molecule has 1 aliphatic heterocycles. The van der Waals surface area contributed by atoms with Crippen LogP contribution in [0, 0.1) is 0 Å². The van der Waals surface area contributed by atoms with Crippen LogP contribution < -0.4 is 19.7 Å². The normalized spacial score (nSPS) is 11.9. The van der Waals surface area contributed by atoms with E-state index in [0.717, 1.165) is 13.0 Å². The predicted molar refractivity (Wildman–Crippen MR) is 104 cm³/mol. The number of aromatic nitrogens is 3. The highest BCUT2D eigenvalue weighted by atomic mass is 16.7. The summed E-state index contributed by atoms with van der Waals surface area (Å²) in [6.07, 6.45) is 5.80. The molecule has 4 rings (SSSR count). The summed E-state index contributed by atoms with van der Waals surface area (Å²) in [6, 6.07) is 10.9. The summed E-state index contributed by atoms with van der Waals surface area (Å²) in [7, 11) is 1.93. The van der Waals surface area contributed by atoms with E-state index in [9.17, 15) is 4.79 Å². The van der Waals surface area contributed by atoms with Crippen LogP contribution >= 0.6 is 0 Å². The zero-order chi connectivity index (χ0) is 19.3. The molecule has 0 saturated heterocycles. The molecule has 2 aromatic heterocycles. The third-order valence-electron chi connectivity index (χ3n) is 4.39. The van der Waals surface area contributed by atoms with Crippen molar-refractivity contribution in [2.45, 2.75) is 6.42 Å². The van der Waals surface area contributed by atoms with Crippen LogP contribution in [0.1, 0.15) is 16.1 Å². The molecule has 28 heavy (non-hydrogen) atoms. The minimum Gasteiger partial charge on any atom is -0.454 e. The lowest BCUT2D eigenvalue weighted by molar-refractivity contribution is 0.102. The molecular weight excluding hydrogens is 358 g/mol. The molecule has 0 bridgehead atoms. The fourth-order valence-corrected chi connectivity index (χ4v) is 2.81. The summed E-state index contributed by atoms with van der Waals surface area (Å²) < 4.78 is 10.6. The van der Waals surface area contributed by atoms with E-state index < -0.39 is 0 Å². The van der Waals surface area contributed by atoms with E-state index >= 15 is 0 Å². The fourth-order valence-electron chi connectivity index (χ4n) is 2.81. The van der Waals surface area contributed by atoms with Crippen molar-refractivity contribution in [2.75, 3.05) is 30.6 Å². The molecule has 0 unspecified atom stereocenters. The van der Waals surface area contributed by atoms with Crippen LogP contribution in [0.3, 0.4) is 0 Å². The molecule has 1 aliphatic rings. The average Bonchev–Trinajstić information content (AvgIpc) is 3.21. The summed E-state index contributed by atoms with van der Waals surface area (Å²) in [5.74, 6) is 1.64. The largest absolute Gasteiger partial charge is 0.454 e. The Kier molecular flexibility index (Phi) is 5.01. The number of amides is 1. The van der Waals surface area contributed by atoms with Gasteiger partial charge in [0.2, 0.25) is 6.79 Å². The van der Waals surface area contributed by atoms with Crippen molar-refractivity contribution in [3.63, 3.8) is 0 Å². The maximum atomic E-state index is 12.6. The van der Waals surface area contributed by atoms with Gasteiger partial charge in [0.15, 0.2) is 11.5 Å². The van der Waals surface area contributed by atoms with Crippen molar-refractivity contribution in [3.8, 4) is 11.5 Å². The van der Waals surface area contributed by atoms with Gasteiger partial charge in [-0.1, -0.05) is 0 Å². The SMILES string of the molecule is CN(CCc1ccncc1)c1cc(C(=O)Nc2ccc3c(c2)OCO3)ncn1. The molecule has 3 aromatic rings. The molecule has 0 saturated carbocycles. The highest BCUT2D eigenvalue weighted by Gasteiger charge is 2.16. The number of anilines is 2. The Balaban J connectivity index is 1.41. The average molecular weight is 377 g/mol. The van der Waals surface area contributed by atoms with E-state index in [1.807, 2.05) is 24.1 Å². The van der Waals surface area contributed by atoms with Gasteiger partial charge in [-0.15, -0.1) is 0 Å². The molecule has 0 radical (unpaired) electrons. The van der Waals surface area contributed by atoms with Gasteiger partial charge < -0.3 is 19.7 Å². The molecule has 1 N–H and O–H groups in total. The Morgan fingerprint density at radius 1 is 1.11 bits per heavy atom. The van der Waals surface area contributed by atoms with Crippen LogP contribution in [0.2, 0.25) is 0 Å². The fraction of sp³-hybridized carbons (Fsp3) is 0.200. The van der Waals surface area contributed by atoms with E-state index in [4.69, 9.17) is 9.47 Å². The van der Waals surface area contributed by atoms with Gasteiger partial charge in [-0.2, -0.15) is 0 Å². The minimum absolute atomic E-state index is 0.188. The molecule has 3 heterocycles. The molecule has 0 aliphatic carbocycles. The third-order valence-corrected chi connectivity index (χ3v) is 4.39. The van der Waals surface area contributed by atoms with Crippen molar-refractivity contribution in [1.29, 1.82) is 0 Å². The summed E-state index contributed by atoms with van der Waals surface area (Å²) in [4.78, 5) is 26.9. The van der Waals surface area contributed by atoms with Gasteiger partial charge in [0, 0.05) is 43.8 Å². The van der Waals surface area contributed by atoms with Crippen LogP contribution in [0.25, 0.3) is 0 Å². The number of hydrogen-bond donors (Lipinski definition) is 1. The Labute approximate surface area is 162 Å². The van der Waals surface area contributed by atoms with Crippen LogP contribution in [0.4, 0.5) is 11.5 Å². The number of carbonyl (C=O) groups is 1. The molecule has 0 fully saturated rings. The van der Waals surface area contributed by atoms with Crippen LogP contribution in [-0.4, -0.2) is 41.2 Å². The number of hydrogen-bond acceptors (Lipinski definition) is 7. The van der Waals surface area contributed by atoms with E-state index in [-0.39, 0.29) is 12.7 Å². The summed E-state index contributed by atoms with van der Waals surface area (Å²) in [5, 5.41) is 2.82. The number of carbonyl (C=O) groups excluding carboxylic acids is 1. The van der Waals surface area contributed by atoms with Crippen LogP contribution in [0.15, 0.2) is 55.1 Å². The lowest BCUT2D eigenvalue weighted by Crippen LogP contribution is -2.23. The third kappa shape index (κ3) is 4.01. The lowest BCUT2D eigenvalue weighted by atomic mass is 10.2. The summed E-state index contributed by atoms with van der Waals surface area (Å²) >= 11 is 0. The number of ether oxygens (including phenoxy) is 2. The quantitative estimate of drug-likeness (QED) is 0.706. The van der Waals surface area contributed by atoms with Crippen LogP contribution in [-0.2, 0) is 6.42 Å². The van der Waals surface area contributed by atoms with Gasteiger partial charge in [0.1, 0.15) is 17.8 Å². The zero-order valence-corrected chi connectivity index (χ0v) is 15.3. The van der Waals surface area contributed by atoms with Gasteiger partial charge in [0.05, 0.1) is 0 Å². The van der Waals surface area contributed by atoms with Crippen molar-refractivity contribution in [2.24, 2.45) is 0 Å². The van der Waals surface area contributed by atoms with Crippen molar-refractivity contribution < 1.29 is 14.3 Å². The number of fused-ring (bicyclic) bond motifs is 1. The standard InChI is InChI=1S/C20H19N5O3/c1-25(9-6-14-4-7-21-8-5-14)19-11-16(22-12-23-19)20(26)24-15-2-3-17-18(10-15)28-13-27-17/h2-5,7-8,10-12H,6,9,13H2,1H3,(H,24,26). The van der Waals surface area contributed by atoms with Gasteiger partial charge in [-0.3, -0.25) is 9.78 Å². The maximum Gasteiger partial charge on any atom is 0.274 e. The second kappa shape index (κ2) is 7.91. The van der Waals surface area contributed by atoms with Crippen molar-refractivity contribution in [3.05, 3.63) is 66.4 Å². The number of likely N-dealkylation sites (N-methyl/N-ethyl adjacent to an activating group) is 1. The van der Waals surface area contributed by atoms with Crippen molar-refractivity contribution in [1.82, 2.24) is 15.0 Å². The van der Waals surface area contributed by atoms with E-state index in [2.05, 4.69) is 20.3 Å². The second-order valence-electron chi connectivity index (χ2n) is 6.31. The number of nitrogens with zero attached hydrogens (tertiary/aromatic N) is 4. The summed E-state index contributed by atoms with van der Waals surface area (Å²) in [6.45, 7) is 0.943. The van der Waals surface area contributed by atoms with E-state index in [0.29, 0.717) is 28.7 Å². The smallest absolute Gasteiger partial charge is 0.274 e. The number of benzene rings is 1. The summed E-state index contributed by atoms with van der Waals surface area (Å²) in [5.41, 5.74) is 2.09. The highest BCUT2D eigenvalue weighted by molar-refractivity contribution is 6.03. The Hall–Kier alpha value is -3.68. The molecular formula is C20H19N5O3. The van der Waals surface area contributed by atoms with Gasteiger partial charge in [-0.25, -0.2) is 9.97 Å². The Morgan fingerprint density at radius 3 is 2.79 bits per heavy atom. The van der Waals surface area contributed by atoms with Gasteiger partial charge in [0.25, 0.3) is 5.91 Å². The monoisotopic (exact) mass is 377 g/mol. The number of nitrogens with one attached hydrogen (secondary N) is 1. The van der Waals surface area contributed by atoms with Gasteiger partial charge in [-0.05, 0) is 36.2 Å². The van der Waals surface area contributed by atoms with E-state index in [1.165, 1.54) is 11.9 Å². The first-order chi connectivity index (χ1) is 13.7. The first kappa shape index (κ1) is 17.7. The first-order valence-corrected chi connectivity index (χ1v) is 8.82. The Morgan fingerprint density at radius 2 is 1.93 bits per heavy atom. The van der Waals surface area contributed by atoms with Crippen LogP contribution in [0.5, 0.6) is 11.5 Å². The highest BCUT2D eigenvalue weighted by Crippen LogP contribution is 2.34. The first-order valence-electron chi connectivity index (χ1n) is 8.82. The number of rotatable bonds is 6.